The maximum absolute atomic E-state index is 12.0. The molecule has 0 aliphatic rings. The highest BCUT2D eigenvalue weighted by Gasteiger charge is 2.19. The number of carbonyl (C=O) groups is 2. The summed E-state index contributed by atoms with van der Waals surface area (Å²) in [5.74, 6) is -0.868. The summed E-state index contributed by atoms with van der Waals surface area (Å²) >= 11 is 2.12. The van der Waals surface area contributed by atoms with Crippen molar-refractivity contribution in [2.45, 2.75) is 20.0 Å². The largest absolute Gasteiger partial charge is 0.449 e. The van der Waals surface area contributed by atoms with Crippen molar-refractivity contribution in [1.29, 1.82) is 0 Å². The van der Waals surface area contributed by atoms with Crippen molar-refractivity contribution in [3.63, 3.8) is 0 Å². The predicted octanol–water partition coefficient (Wildman–Crippen LogP) is 3.78. The molecule has 0 heterocycles. The summed E-state index contributed by atoms with van der Waals surface area (Å²) in [4.78, 5) is 24.0. The van der Waals surface area contributed by atoms with E-state index >= 15 is 0 Å². The minimum absolute atomic E-state index is 0.358. The van der Waals surface area contributed by atoms with Gasteiger partial charge in [0.1, 0.15) is 0 Å². The quantitative estimate of drug-likeness (QED) is 0.618. The molecular weight excluding hydrogens is 393 g/mol. The van der Waals surface area contributed by atoms with E-state index in [1.807, 2.05) is 25.1 Å². The van der Waals surface area contributed by atoms with Crippen LogP contribution >= 0.6 is 22.6 Å². The molecule has 0 saturated carbocycles. The first-order valence-corrected chi connectivity index (χ1v) is 7.87. The van der Waals surface area contributed by atoms with Crippen LogP contribution in [0.2, 0.25) is 0 Å². The van der Waals surface area contributed by atoms with Gasteiger partial charge in [-0.05, 0) is 66.8 Å². The van der Waals surface area contributed by atoms with Crippen LogP contribution in [-0.2, 0) is 9.53 Å². The summed E-state index contributed by atoms with van der Waals surface area (Å²) in [6.45, 7) is 3.52. The number of hydrogen-bond donors (Lipinski definition) is 1. The van der Waals surface area contributed by atoms with E-state index in [0.717, 1.165) is 9.13 Å². The molecule has 22 heavy (non-hydrogen) atoms. The lowest BCUT2D eigenvalue weighted by atomic mass is 10.2. The maximum atomic E-state index is 12.0. The zero-order chi connectivity index (χ0) is 16.1. The van der Waals surface area contributed by atoms with Gasteiger partial charge in [-0.3, -0.25) is 4.79 Å². The molecule has 0 aromatic heterocycles. The van der Waals surface area contributed by atoms with Crippen molar-refractivity contribution in [3.8, 4) is 0 Å². The van der Waals surface area contributed by atoms with Crippen LogP contribution in [0.5, 0.6) is 0 Å². The third kappa shape index (κ3) is 4.56. The van der Waals surface area contributed by atoms with Crippen molar-refractivity contribution < 1.29 is 14.3 Å². The fourth-order valence-electron chi connectivity index (χ4n) is 1.78. The Bertz CT molecular complexity index is 683. The van der Waals surface area contributed by atoms with Gasteiger partial charge < -0.3 is 10.1 Å². The standard InChI is InChI=1S/C17H16INO3/c1-11-6-8-15(9-7-11)19-16(20)12(2)22-17(21)13-4-3-5-14(18)10-13/h3-10,12H,1-2H3,(H,19,20)/t12-/m0/s1. The number of amides is 1. The smallest absolute Gasteiger partial charge is 0.338 e. The molecule has 0 radical (unpaired) electrons. The fraction of sp³-hybridized carbons (Fsp3) is 0.176. The Kier molecular flexibility index (Phi) is 5.54. The average molecular weight is 409 g/mol. The molecule has 2 rings (SSSR count). The molecule has 2 aromatic carbocycles. The number of ether oxygens (including phenoxy) is 1. The van der Waals surface area contributed by atoms with Gasteiger partial charge in [0.15, 0.2) is 6.10 Å². The number of carbonyl (C=O) groups excluding carboxylic acids is 2. The first-order valence-electron chi connectivity index (χ1n) is 6.80. The molecule has 0 saturated heterocycles. The molecule has 0 aliphatic heterocycles. The number of aryl methyl sites for hydroxylation is 1. The van der Waals surface area contributed by atoms with Crippen molar-refractivity contribution in [1.82, 2.24) is 0 Å². The molecule has 0 bridgehead atoms. The van der Waals surface area contributed by atoms with Crippen LogP contribution in [0.15, 0.2) is 48.5 Å². The number of hydrogen-bond acceptors (Lipinski definition) is 3. The number of anilines is 1. The molecule has 114 valence electrons. The van der Waals surface area contributed by atoms with Gasteiger partial charge in [0.05, 0.1) is 5.56 Å². The molecular formula is C17H16INO3. The van der Waals surface area contributed by atoms with Crippen LogP contribution in [0.1, 0.15) is 22.8 Å². The van der Waals surface area contributed by atoms with Crippen LogP contribution in [-0.4, -0.2) is 18.0 Å². The SMILES string of the molecule is Cc1ccc(NC(=O)[C@H](C)OC(=O)c2cccc(I)c2)cc1. The summed E-state index contributed by atoms with van der Waals surface area (Å²) in [5, 5.41) is 2.72. The van der Waals surface area contributed by atoms with Crippen molar-refractivity contribution in [2.75, 3.05) is 5.32 Å². The Hall–Kier alpha value is -1.89. The van der Waals surface area contributed by atoms with Gasteiger partial charge in [0.25, 0.3) is 5.91 Å². The molecule has 1 atom stereocenters. The molecule has 1 N–H and O–H groups in total. The van der Waals surface area contributed by atoms with Gasteiger partial charge in [-0.1, -0.05) is 23.8 Å². The van der Waals surface area contributed by atoms with Crippen LogP contribution in [0.4, 0.5) is 5.69 Å². The van der Waals surface area contributed by atoms with E-state index in [2.05, 4.69) is 27.9 Å². The third-order valence-corrected chi connectivity index (χ3v) is 3.70. The summed E-state index contributed by atoms with van der Waals surface area (Å²) in [6, 6.07) is 14.4. The first-order chi connectivity index (χ1) is 10.5. The predicted molar refractivity (Wildman–Crippen MR) is 93.8 cm³/mol. The zero-order valence-corrected chi connectivity index (χ0v) is 14.5. The fourth-order valence-corrected chi connectivity index (χ4v) is 2.32. The number of nitrogens with one attached hydrogen (secondary N) is 1. The normalized spacial score (nSPS) is 11.6. The van der Waals surface area contributed by atoms with Crippen LogP contribution in [0.25, 0.3) is 0 Å². The molecule has 4 nitrogen and oxygen atoms in total. The van der Waals surface area contributed by atoms with Gasteiger partial charge in [-0.2, -0.15) is 0 Å². The molecule has 1 amide bonds. The number of rotatable bonds is 4. The van der Waals surface area contributed by atoms with E-state index < -0.39 is 12.1 Å². The van der Waals surface area contributed by atoms with E-state index in [4.69, 9.17) is 4.74 Å². The molecule has 0 unspecified atom stereocenters. The molecule has 5 heteroatoms. The Morgan fingerprint density at radius 2 is 1.82 bits per heavy atom. The van der Waals surface area contributed by atoms with Crippen LogP contribution in [0.3, 0.4) is 0 Å². The Labute approximate surface area is 143 Å². The molecule has 0 spiro atoms. The maximum Gasteiger partial charge on any atom is 0.338 e. The van der Waals surface area contributed by atoms with E-state index in [1.165, 1.54) is 0 Å². The van der Waals surface area contributed by atoms with Crippen molar-refractivity contribution in [2.24, 2.45) is 0 Å². The van der Waals surface area contributed by atoms with Gasteiger partial charge in [-0.25, -0.2) is 4.79 Å². The van der Waals surface area contributed by atoms with E-state index in [0.29, 0.717) is 11.3 Å². The minimum atomic E-state index is -0.869. The number of halogens is 1. The highest BCUT2D eigenvalue weighted by molar-refractivity contribution is 14.1. The lowest BCUT2D eigenvalue weighted by Crippen LogP contribution is -2.30. The summed E-state index contributed by atoms with van der Waals surface area (Å²) in [6.07, 6.45) is -0.869. The number of esters is 1. The van der Waals surface area contributed by atoms with Gasteiger partial charge >= 0.3 is 5.97 Å². The number of benzene rings is 2. The second-order valence-electron chi connectivity index (χ2n) is 4.91. The summed E-state index contributed by atoms with van der Waals surface area (Å²) in [5.41, 5.74) is 2.21. The van der Waals surface area contributed by atoms with E-state index in [-0.39, 0.29) is 5.91 Å². The second kappa shape index (κ2) is 7.40. The van der Waals surface area contributed by atoms with Gasteiger partial charge in [-0.15, -0.1) is 0 Å². The highest BCUT2D eigenvalue weighted by Crippen LogP contribution is 2.12. The lowest BCUT2D eigenvalue weighted by molar-refractivity contribution is -0.123. The minimum Gasteiger partial charge on any atom is -0.449 e. The van der Waals surface area contributed by atoms with Crippen molar-refractivity contribution in [3.05, 3.63) is 63.2 Å². The molecule has 2 aromatic rings. The van der Waals surface area contributed by atoms with Crippen LogP contribution < -0.4 is 5.32 Å². The highest BCUT2D eigenvalue weighted by atomic mass is 127. The second-order valence-corrected chi connectivity index (χ2v) is 6.16. The van der Waals surface area contributed by atoms with Crippen molar-refractivity contribution >= 4 is 40.2 Å². The Morgan fingerprint density at radius 3 is 2.45 bits per heavy atom. The van der Waals surface area contributed by atoms with Gasteiger partial charge in [0, 0.05) is 9.26 Å². The molecule has 0 aliphatic carbocycles. The van der Waals surface area contributed by atoms with Gasteiger partial charge in [0.2, 0.25) is 0 Å². The summed E-state index contributed by atoms with van der Waals surface area (Å²) in [7, 11) is 0. The Morgan fingerprint density at radius 1 is 1.14 bits per heavy atom. The lowest BCUT2D eigenvalue weighted by Gasteiger charge is -2.13. The Balaban J connectivity index is 1.96. The van der Waals surface area contributed by atoms with E-state index in [9.17, 15) is 9.59 Å². The monoisotopic (exact) mass is 409 g/mol. The van der Waals surface area contributed by atoms with E-state index in [1.54, 1.807) is 37.3 Å². The first kappa shape index (κ1) is 16.5. The average Bonchev–Trinajstić information content (AvgIpc) is 2.49. The van der Waals surface area contributed by atoms with Crippen LogP contribution in [0, 0.1) is 10.5 Å². The third-order valence-electron chi connectivity index (χ3n) is 3.03. The zero-order valence-electron chi connectivity index (χ0n) is 12.3. The topological polar surface area (TPSA) is 55.4 Å². The summed E-state index contributed by atoms with van der Waals surface area (Å²) < 4.78 is 6.13. The molecule has 0 fully saturated rings.